The number of anilines is 2. The molecule has 2 aliphatic rings. The quantitative estimate of drug-likeness (QED) is 0.775. The van der Waals surface area contributed by atoms with Crippen LogP contribution in [0.25, 0.3) is 0 Å². The molecule has 3 heterocycles. The van der Waals surface area contributed by atoms with Gasteiger partial charge in [0.1, 0.15) is 11.6 Å². The van der Waals surface area contributed by atoms with Gasteiger partial charge in [-0.15, -0.1) is 0 Å². The third-order valence-electron chi connectivity index (χ3n) is 5.21. The van der Waals surface area contributed by atoms with Gasteiger partial charge in [-0.2, -0.15) is 9.29 Å². The van der Waals surface area contributed by atoms with Crippen LogP contribution in [0, 0.1) is 12.7 Å². The molecule has 2 fully saturated rings. The molecule has 1 aromatic carbocycles. The van der Waals surface area contributed by atoms with Crippen LogP contribution in [0.15, 0.2) is 35.2 Å². The smallest absolute Gasteiger partial charge is 0.243 e. The number of nitrogens with zero attached hydrogens (tertiary/aromatic N) is 5. The molecule has 0 saturated carbocycles. The molecule has 2 saturated heterocycles. The Bertz CT molecular complexity index is 955. The molecule has 150 valence electrons. The van der Waals surface area contributed by atoms with Crippen LogP contribution in [0.4, 0.5) is 16.2 Å². The lowest BCUT2D eigenvalue weighted by Crippen LogP contribution is -2.49. The minimum atomic E-state index is -3.70. The number of halogens is 1. The summed E-state index contributed by atoms with van der Waals surface area (Å²) in [5, 5.41) is 0. The number of hydrogen-bond donors (Lipinski definition) is 0. The van der Waals surface area contributed by atoms with E-state index in [-0.39, 0.29) is 4.90 Å². The maximum atomic E-state index is 13.4. The summed E-state index contributed by atoms with van der Waals surface area (Å²) >= 11 is 0. The van der Waals surface area contributed by atoms with Crippen molar-refractivity contribution in [3.05, 3.63) is 41.8 Å². The van der Waals surface area contributed by atoms with E-state index in [1.165, 1.54) is 35.3 Å². The molecule has 2 aliphatic heterocycles. The van der Waals surface area contributed by atoms with Gasteiger partial charge in [0.25, 0.3) is 0 Å². The largest absolute Gasteiger partial charge is 0.356 e. The summed E-state index contributed by atoms with van der Waals surface area (Å²) in [4.78, 5) is 13.6. The minimum absolute atomic E-state index is 0.0101. The average Bonchev–Trinajstić information content (AvgIpc) is 3.22. The van der Waals surface area contributed by atoms with Gasteiger partial charge < -0.3 is 9.80 Å². The van der Waals surface area contributed by atoms with Crippen LogP contribution in [-0.4, -0.2) is 62.0 Å². The van der Waals surface area contributed by atoms with Crippen molar-refractivity contribution in [1.29, 1.82) is 0 Å². The first kappa shape index (κ1) is 19.1. The van der Waals surface area contributed by atoms with E-state index in [1.54, 1.807) is 0 Å². The Hall–Kier alpha value is -2.26. The Balaban J connectivity index is 1.48. The molecule has 1 aromatic heterocycles. The molecule has 28 heavy (non-hydrogen) atoms. The highest BCUT2D eigenvalue weighted by Crippen LogP contribution is 2.24. The van der Waals surface area contributed by atoms with Crippen LogP contribution in [0.3, 0.4) is 0 Å². The lowest BCUT2D eigenvalue weighted by molar-refractivity contribution is 0.382. The minimum Gasteiger partial charge on any atom is -0.356 e. The highest BCUT2D eigenvalue weighted by molar-refractivity contribution is 7.89. The fourth-order valence-corrected chi connectivity index (χ4v) is 5.15. The second kappa shape index (κ2) is 7.63. The summed E-state index contributed by atoms with van der Waals surface area (Å²) < 4.78 is 40.4. The molecular weight excluding hydrogens is 381 g/mol. The highest BCUT2D eigenvalue weighted by atomic mass is 32.2. The van der Waals surface area contributed by atoms with Gasteiger partial charge in [-0.25, -0.2) is 17.8 Å². The maximum absolute atomic E-state index is 13.4. The van der Waals surface area contributed by atoms with E-state index < -0.39 is 15.8 Å². The van der Waals surface area contributed by atoms with E-state index in [4.69, 9.17) is 4.98 Å². The summed E-state index contributed by atoms with van der Waals surface area (Å²) in [5.41, 5.74) is 0.904. The van der Waals surface area contributed by atoms with E-state index in [1.807, 2.05) is 17.9 Å². The summed E-state index contributed by atoms with van der Waals surface area (Å²) in [7, 11) is -3.70. The molecule has 0 bridgehead atoms. The zero-order chi connectivity index (χ0) is 19.7. The third-order valence-corrected chi connectivity index (χ3v) is 7.11. The van der Waals surface area contributed by atoms with Gasteiger partial charge in [-0.3, -0.25) is 0 Å². The van der Waals surface area contributed by atoms with Gasteiger partial charge in [0.15, 0.2) is 0 Å². The van der Waals surface area contributed by atoms with Crippen molar-refractivity contribution in [3.8, 4) is 0 Å². The van der Waals surface area contributed by atoms with Crippen molar-refractivity contribution in [2.45, 2.75) is 24.7 Å². The van der Waals surface area contributed by atoms with Crippen molar-refractivity contribution in [2.75, 3.05) is 49.1 Å². The van der Waals surface area contributed by atoms with Crippen molar-refractivity contribution >= 4 is 21.8 Å². The number of hydrogen-bond acceptors (Lipinski definition) is 6. The first-order valence-corrected chi connectivity index (χ1v) is 11.0. The molecule has 0 amide bonds. The Morgan fingerprint density at radius 1 is 0.929 bits per heavy atom. The second-order valence-electron chi connectivity index (χ2n) is 7.21. The lowest BCUT2D eigenvalue weighted by atomic mass is 10.3. The topological polar surface area (TPSA) is 69.6 Å². The zero-order valence-electron chi connectivity index (χ0n) is 15.9. The number of rotatable bonds is 4. The van der Waals surface area contributed by atoms with Crippen LogP contribution in [-0.2, 0) is 10.0 Å². The van der Waals surface area contributed by atoms with Gasteiger partial charge >= 0.3 is 0 Å². The maximum Gasteiger partial charge on any atom is 0.243 e. The van der Waals surface area contributed by atoms with Crippen molar-refractivity contribution in [1.82, 2.24) is 14.3 Å². The van der Waals surface area contributed by atoms with Crippen LogP contribution >= 0.6 is 0 Å². The van der Waals surface area contributed by atoms with Gasteiger partial charge in [0, 0.05) is 51.0 Å². The number of piperazine rings is 1. The van der Waals surface area contributed by atoms with Crippen molar-refractivity contribution in [3.63, 3.8) is 0 Å². The van der Waals surface area contributed by atoms with Gasteiger partial charge in [-0.05, 0) is 38.0 Å². The van der Waals surface area contributed by atoms with Gasteiger partial charge in [0.2, 0.25) is 16.0 Å². The summed E-state index contributed by atoms with van der Waals surface area (Å²) in [6, 6.07) is 7.15. The number of aromatic nitrogens is 2. The number of aryl methyl sites for hydroxylation is 1. The monoisotopic (exact) mass is 405 g/mol. The average molecular weight is 405 g/mol. The van der Waals surface area contributed by atoms with Crippen molar-refractivity contribution in [2.24, 2.45) is 0 Å². The number of sulfonamides is 1. The molecular formula is C19H24FN5O2S. The lowest BCUT2D eigenvalue weighted by Gasteiger charge is -2.34. The fourth-order valence-electron chi connectivity index (χ4n) is 3.69. The molecule has 0 unspecified atom stereocenters. The summed E-state index contributed by atoms with van der Waals surface area (Å²) in [6.45, 7) is 5.60. The highest BCUT2D eigenvalue weighted by Gasteiger charge is 2.30. The molecule has 0 spiro atoms. The van der Waals surface area contributed by atoms with E-state index in [9.17, 15) is 12.8 Å². The van der Waals surface area contributed by atoms with E-state index >= 15 is 0 Å². The molecule has 0 N–H and O–H groups in total. The molecule has 0 radical (unpaired) electrons. The van der Waals surface area contributed by atoms with E-state index in [2.05, 4.69) is 9.88 Å². The van der Waals surface area contributed by atoms with Crippen LogP contribution < -0.4 is 9.80 Å². The van der Waals surface area contributed by atoms with Crippen LogP contribution in [0.5, 0.6) is 0 Å². The number of benzene rings is 1. The zero-order valence-corrected chi connectivity index (χ0v) is 16.7. The fraction of sp³-hybridized carbons (Fsp3) is 0.474. The van der Waals surface area contributed by atoms with Gasteiger partial charge in [-0.1, -0.05) is 6.07 Å². The molecule has 0 atom stereocenters. The van der Waals surface area contributed by atoms with Gasteiger partial charge in [0.05, 0.1) is 4.90 Å². The first-order chi connectivity index (χ1) is 13.4. The van der Waals surface area contributed by atoms with Crippen molar-refractivity contribution < 1.29 is 12.8 Å². The van der Waals surface area contributed by atoms with E-state index in [0.717, 1.165) is 30.7 Å². The normalized spacial score (nSPS) is 18.6. The Kier molecular flexibility index (Phi) is 5.20. The molecule has 0 aliphatic carbocycles. The standard InChI is InChI=1S/C19H24FN5O2S/c1-15-13-18(23-7-2-3-8-23)22-19(21-15)24-9-11-25(12-10-24)28(26,27)17-6-4-5-16(20)14-17/h4-6,13-14H,2-3,7-12H2,1H3. The Morgan fingerprint density at radius 3 is 2.32 bits per heavy atom. The SMILES string of the molecule is Cc1cc(N2CCCC2)nc(N2CCN(S(=O)(=O)c3cccc(F)c3)CC2)n1. The van der Waals surface area contributed by atoms with Crippen LogP contribution in [0.2, 0.25) is 0 Å². The Labute approximate surface area is 164 Å². The predicted octanol–water partition coefficient (Wildman–Crippen LogP) is 2.04. The Morgan fingerprint density at radius 2 is 1.64 bits per heavy atom. The predicted molar refractivity (Wildman–Crippen MR) is 106 cm³/mol. The summed E-state index contributed by atoms with van der Waals surface area (Å²) in [6.07, 6.45) is 2.35. The molecule has 4 rings (SSSR count). The third kappa shape index (κ3) is 3.81. The van der Waals surface area contributed by atoms with Crippen LogP contribution in [0.1, 0.15) is 18.5 Å². The summed E-state index contributed by atoms with van der Waals surface area (Å²) in [5.74, 6) is 1.03. The molecule has 9 heteroatoms. The molecule has 7 nitrogen and oxygen atoms in total. The second-order valence-corrected chi connectivity index (χ2v) is 9.15. The first-order valence-electron chi connectivity index (χ1n) is 9.55. The van der Waals surface area contributed by atoms with E-state index in [0.29, 0.717) is 32.1 Å². The molecule has 2 aromatic rings.